The van der Waals surface area contributed by atoms with Crippen LogP contribution in [0.25, 0.3) is 21.3 Å². The number of hydrogen-bond acceptors (Lipinski definition) is 2. The van der Waals surface area contributed by atoms with Gasteiger partial charge in [-0.3, -0.25) is 0 Å². The fraction of sp³-hybridized carbons (Fsp3) is 0.0714. The minimum Gasteiger partial charge on any atom is -0.240 e. The molecule has 0 saturated heterocycles. The van der Waals surface area contributed by atoms with E-state index in [0.29, 0.717) is 5.88 Å². The minimum atomic E-state index is 0.476. The number of hydrogen-bond donors (Lipinski definition) is 0. The van der Waals surface area contributed by atoms with Gasteiger partial charge in [-0.05, 0) is 16.8 Å². The lowest BCUT2D eigenvalue weighted by atomic mass is 10.1. The molecule has 0 aliphatic rings. The summed E-state index contributed by atoms with van der Waals surface area (Å²) < 4.78 is 0. The molecule has 0 bridgehead atoms. The zero-order chi connectivity index (χ0) is 11.7. The number of thiazole rings is 1. The molecular formula is C14H10ClNS. The van der Waals surface area contributed by atoms with E-state index in [1.807, 2.05) is 5.38 Å². The van der Waals surface area contributed by atoms with Crippen LogP contribution in [0.3, 0.4) is 0 Å². The van der Waals surface area contributed by atoms with Crippen molar-refractivity contribution in [2.45, 2.75) is 5.88 Å². The van der Waals surface area contributed by atoms with Crippen LogP contribution in [0.5, 0.6) is 0 Å². The van der Waals surface area contributed by atoms with Crippen molar-refractivity contribution in [2.24, 2.45) is 0 Å². The van der Waals surface area contributed by atoms with E-state index in [4.69, 9.17) is 11.6 Å². The van der Waals surface area contributed by atoms with Crippen LogP contribution in [0.1, 0.15) is 5.69 Å². The highest BCUT2D eigenvalue weighted by atomic mass is 35.5. The highest BCUT2D eigenvalue weighted by Gasteiger charge is 2.04. The highest BCUT2D eigenvalue weighted by molar-refractivity contribution is 7.13. The van der Waals surface area contributed by atoms with E-state index in [-0.39, 0.29) is 0 Å². The summed E-state index contributed by atoms with van der Waals surface area (Å²) in [5.41, 5.74) is 2.10. The van der Waals surface area contributed by atoms with E-state index in [2.05, 4.69) is 47.4 Å². The van der Waals surface area contributed by atoms with Crippen LogP contribution in [0.4, 0.5) is 0 Å². The van der Waals surface area contributed by atoms with Crippen LogP contribution in [0.2, 0.25) is 0 Å². The van der Waals surface area contributed by atoms with Gasteiger partial charge in [0.25, 0.3) is 0 Å². The summed E-state index contributed by atoms with van der Waals surface area (Å²) in [6.45, 7) is 0. The molecule has 1 nitrogen and oxygen atoms in total. The van der Waals surface area contributed by atoms with E-state index in [9.17, 15) is 0 Å². The summed E-state index contributed by atoms with van der Waals surface area (Å²) in [7, 11) is 0. The van der Waals surface area contributed by atoms with E-state index >= 15 is 0 Å². The van der Waals surface area contributed by atoms with Crippen molar-refractivity contribution in [2.75, 3.05) is 0 Å². The molecule has 0 radical (unpaired) electrons. The van der Waals surface area contributed by atoms with Gasteiger partial charge < -0.3 is 0 Å². The Balaban J connectivity index is 2.11. The minimum absolute atomic E-state index is 0.476. The van der Waals surface area contributed by atoms with Crippen LogP contribution in [0.15, 0.2) is 47.8 Å². The molecule has 3 heteroatoms. The molecule has 84 valence electrons. The van der Waals surface area contributed by atoms with Crippen LogP contribution < -0.4 is 0 Å². The predicted molar refractivity (Wildman–Crippen MR) is 74.6 cm³/mol. The van der Waals surface area contributed by atoms with Crippen molar-refractivity contribution in [3.63, 3.8) is 0 Å². The lowest BCUT2D eigenvalue weighted by Gasteiger charge is -2.00. The van der Waals surface area contributed by atoms with E-state index in [1.165, 1.54) is 10.8 Å². The number of nitrogens with zero attached hydrogens (tertiary/aromatic N) is 1. The Bertz CT molecular complexity index is 660. The Morgan fingerprint density at radius 1 is 1.06 bits per heavy atom. The second-order valence-corrected chi connectivity index (χ2v) is 4.96. The Labute approximate surface area is 109 Å². The zero-order valence-corrected chi connectivity index (χ0v) is 10.6. The van der Waals surface area contributed by atoms with Gasteiger partial charge in [-0.15, -0.1) is 22.9 Å². The molecular weight excluding hydrogens is 250 g/mol. The van der Waals surface area contributed by atoms with Crippen LogP contribution in [-0.4, -0.2) is 4.98 Å². The average molecular weight is 260 g/mol. The van der Waals surface area contributed by atoms with E-state index in [1.54, 1.807) is 11.3 Å². The van der Waals surface area contributed by atoms with Crippen molar-refractivity contribution in [1.29, 1.82) is 0 Å². The van der Waals surface area contributed by atoms with E-state index < -0.39 is 0 Å². The molecule has 0 fully saturated rings. The Morgan fingerprint density at radius 3 is 2.65 bits per heavy atom. The van der Waals surface area contributed by atoms with Crippen molar-refractivity contribution in [3.8, 4) is 10.6 Å². The third-order valence-corrected chi connectivity index (χ3v) is 3.90. The van der Waals surface area contributed by atoms with Gasteiger partial charge >= 0.3 is 0 Å². The van der Waals surface area contributed by atoms with Gasteiger partial charge in [0.2, 0.25) is 0 Å². The standard InChI is InChI=1S/C14H10ClNS/c15-8-13-9-17-14(16-13)12-6-5-10-3-1-2-4-11(10)7-12/h1-7,9H,8H2. The number of halogens is 1. The first-order chi connectivity index (χ1) is 8.36. The molecule has 2 aromatic carbocycles. The average Bonchev–Trinajstić information content (AvgIpc) is 2.87. The van der Waals surface area contributed by atoms with Gasteiger partial charge in [-0.2, -0.15) is 0 Å². The van der Waals surface area contributed by atoms with Crippen molar-refractivity contribution >= 4 is 33.7 Å². The molecule has 0 spiro atoms. The molecule has 1 heterocycles. The largest absolute Gasteiger partial charge is 0.240 e. The van der Waals surface area contributed by atoms with Crippen molar-refractivity contribution in [1.82, 2.24) is 4.98 Å². The number of alkyl halides is 1. The molecule has 3 rings (SSSR count). The third-order valence-electron chi connectivity index (χ3n) is 2.69. The molecule has 0 amide bonds. The molecule has 0 aliphatic carbocycles. The molecule has 0 N–H and O–H groups in total. The van der Waals surface area contributed by atoms with Gasteiger partial charge in [0.05, 0.1) is 11.6 Å². The molecule has 3 aromatic rings. The lowest BCUT2D eigenvalue weighted by Crippen LogP contribution is -1.80. The molecule has 0 unspecified atom stereocenters. The van der Waals surface area contributed by atoms with Crippen molar-refractivity contribution in [3.05, 3.63) is 53.5 Å². The Kier molecular flexibility index (Phi) is 2.83. The Hall–Kier alpha value is -1.38. The van der Waals surface area contributed by atoms with Crippen LogP contribution in [-0.2, 0) is 5.88 Å². The quantitative estimate of drug-likeness (QED) is 0.608. The molecule has 1 aromatic heterocycles. The first-order valence-electron chi connectivity index (χ1n) is 5.36. The fourth-order valence-corrected chi connectivity index (χ4v) is 2.87. The maximum absolute atomic E-state index is 5.77. The smallest absolute Gasteiger partial charge is 0.123 e. The Morgan fingerprint density at radius 2 is 1.88 bits per heavy atom. The topological polar surface area (TPSA) is 12.9 Å². The molecule has 0 atom stereocenters. The lowest BCUT2D eigenvalue weighted by molar-refractivity contribution is 1.23. The van der Waals surface area contributed by atoms with Crippen LogP contribution >= 0.6 is 22.9 Å². The first-order valence-corrected chi connectivity index (χ1v) is 6.78. The normalized spacial score (nSPS) is 10.9. The fourth-order valence-electron chi connectivity index (χ4n) is 1.82. The number of benzene rings is 2. The van der Waals surface area contributed by atoms with Crippen molar-refractivity contribution < 1.29 is 0 Å². The predicted octanol–water partition coefficient (Wildman–Crippen LogP) is 4.70. The van der Waals surface area contributed by atoms with Gasteiger partial charge in [0.15, 0.2) is 0 Å². The molecule has 0 saturated carbocycles. The van der Waals surface area contributed by atoms with Gasteiger partial charge in [-0.25, -0.2) is 4.98 Å². The third kappa shape index (κ3) is 2.06. The summed E-state index contributed by atoms with van der Waals surface area (Å²) in [6, 6.07) is 14.8. The second kappa shape index (κ2) is 4.47. The molecule has 17 heavy (non-hydrogen) atoms. The van der Waals surface area contributed by atoms with Crippen LogP contribution in [0, 0.1) is 0 Å². The number of aromatic nitrogens is 1. The summed E-state index contributed by atoms with van der Waals surface area (Å²) in [5.74, 6) is 0.476. The first kappa shape index (κ1) is 10.8. The highest BCUT2D eigenvalue weighted by Crippen LogP contribution is 2.27. The summed E-state index contributed by atoms with van der Waals surface area (Å²) in [6.07, 6.45) is 0. The summed E-state index contributed by atoms with van der Waals surface area (Å²) >= 11 is 7.41. The number of rotatable bonds is 2. The summed E-state index contributed by atoms with van der Waals surface area (Å²) in [4.78, 5) is 4.49. The zero-order valence-electron chi connectivity index (χ0n) is 9.06. The van der Waals surface area contributed by atoms with Gasteiger partial charge in [0.1, 0.15) is 5.01 Å². The maximum atomic E-state index is 5.77. The maximum Gasteiger partial charge on any atom is 0.123 e. The SMILES string of the molecule is ClCc1csc(-c2ccc3ccccc3c2)n1. The second-order valence-electron chi connectivity index (χ2n) is 3.84. The van der Waals surface area contributed by atoms with Gasteiger partial charge in [-0.1, -0.05) is 36.4 Å². The number of fused-ring (bicyclic) bond motifs is 1. The summed E-state index contributed by atoms with van der Waals surface area (Å²) in [5, 5.41) is 5.54. The monoisotopic (exact) mass is 259 g/mol. The van der Waals surface area contributed by atoms with E-state index in [0.717, 1.165) is 16.3 Å². The van der Waals surface area contributed by atoms with Gasteiger partial charge in [0, 0.05) is 10.9 Å². The molecule has 0 aliphatic heterocycles.